The maximum atomic E-state index is 9.66. The summed E-state index contributed by atoms with van der Waals surface area (Å²) in [5, 5.41) is 9.66. The van der Waals surface area contributed by atoms with Crippen LogP contribution in [0, 0.1) is 11.8 Å². The van der Waals surface area contributed by atoms with E-state index >= 15 is 0 Å². The fourth-order valence-corrected chi connectivity index (χ4v) is 3.00. The molecule has 2 fully saturated rings. The van der Waals surface area contributed by atoms with Crippen molar-refractivity contribution in [1.29, 1.82) is 0 Å². The summed E-state index contributed by atoms with van der Waals surface area (Å²) >= 11 is 0. The highest BCUT2D eigenvalue weighted by Crippen LogP contribution is 2.54. The normalized spacial score (nSPS) is 43.8. The van der Waals surface area contributed by atoms with Crippen LogP contribution in [-0.2, 0) is 9.47 Å². The van der Waals surface area contributed by atoms with Gasteiger partial charge < -0.3 is 14.6 Å². The molecule has 2 aliphatic rings. The first kappa shape index (κ1) is 8.48. The van der Waals surface area contributed by atoms with Gasteiger partial charge >= 0.3 is 0 Å². The number of fused-ring (bicyclic) bond motifs is 2. The van der Waals surface area contributed by atoms with Gasteiger partial charge in [-0.15, -0.1) is 0 Å². The van der Waals surface area contributed by atoms with Gasteiger partial charge in [-0.3, -0.25) is 0 Å². The highest BCUT2D eigenvalue weighted by molar-refractivity contribution is 5.04. The largest absolute Gasteiger partial charge is 0.393 e. The van der Waals surface area contributed by atoms with Gasteiger partial charge in [-0.1, -0.05) is 0 Å². The lowest BCUT2D eigenvalue weighted by molar-refractivity contribution is -0.239. The van der Waals surface area contributed by atoms with E-state index in [1.165, 1.54) is 0 Å². The Balaban J connectivity index is 2.26. The Morgan fingerprint density at radius 2 is 1.92 bits per heavy atom. The lowest BCUT2D eigenvalue weighted by Gasteiger charge is -2.31. The molecule has 12 heavy (non-hydrogen) atoms. The Morgan fingerprint density at radius 1 is 1.25 bits per heavy atom. The molecule has 0 amide bonds. The molecule has 2 rings (SSSR count). The molecule has 2 bridgehead atoms. The molecule has 2 saturated carbocycles. The van der Waals surface area contributed by atoms with Crippen LogP contribution in [0.1, 0.15) is 19.3 Å². The van der Waals surface area contributed by atoms with E-state index < -0.39 is 5.79 Å². The van der Waals surface area contributed by atoms with Crippen LogP contribution >= 0.6 is 0 Å². The minimum Gasteiger partial charge on any atom is -0.393 e. The molecule has 0 aromatic rings. The minimum atomic E-state index is -0.473. The second-order valence-corrected chi connectivity index (χ2v) is 3.81. The van der Waals surface area contributed by atoms with Crippen LogP contribution in [0.5, 0.6) is 0 Å². The summed E-state index contributed by atoms with van der Waals surface area (Å²) in [7, 11) is 3.35. The topological polar surface area (TPSA) is 38.7 Å². The molecule has 3 nitrogen and oxygen atoms in total. The van der Waals surface area contributed by atoms with Crippen molar-refractivity contribution in [2.75, 3.05) is 14.2 Å². The number of ether oxygens (including phenoxy) is 2. The van der Waals surface area contributed by atoms with E-state index in [1.54, 1.807) is 14.2 Å². The molecule has 0 saturated heterocycles. The van der Waals surface area contributed by atoms with E-state index in [4.69, 9.17) is 9.47 Å². The van der Waals surface area contributed by atoms with E-state index in [1.807, 2.05) is 0 Å². The Hall–Kier alpha value is -0.120. The number of aliphatic hydroxyl groups excluding tert-OH is 1. The average Bonchev–Trinajstić information content (AvgIpc) is 2.56. The molecule has 0 heterocycles. The summed E-state index contributed by atoms with van der Waals surface area (Å²) in [5.74, 6) is 0.115. The number of hydrogen-bond acceptors (Lipinski definition) is 3. The van der Waals surface area contributed by atoms with Crippen LogP contribution in [0.3, 0.4) is 0 Å². The fraction of sp³-hybridized carbons (Fsp3) is 1.00. The first-order chi connectivity index (χ1) is 5.74. The smallest absolute Gasteiger partial charge is 0.175 e. The van der Waals surface area contributed by atoms with Crippen molar-refractivity contribution in [2.45, 2.75) is 31.2 Å². The molecule has 2 aliphatic carbocycles. The first-order valence-corrected chi connectivity index (χ1v) is 4.53. The quantitative estimate of drug-likeness (QED) is 0.625. The van der Waals surface area contributed by atoms with Crippen LogP contribution in [0.2, 0.25) is 0 Å². The van der Waals surface area contributed by atoms with Crippen molar-refractivity contribution in [3.8, 4) is 0 Å². The third-order valence-corrected chi connectivity index (χ3v) is 3.54. The molecule has 0 unspecified atom stereocenters. The van der Waals surface area contributed by atoms with Crippen LogP contribution in [-0.4, -0.2) is 31.2 Å². The molecule has 0 aliphatic heterocycles. The summed E-state index contributed by atoms with van der Waals surface area (Å²) in [6.45, 7) is 0. The molecule has 3 atom stereocenters. The third-order valence-electron chi connectivity index (χ3n) is 3.54. The lowest BCUT2D eigenvalue weighted by Crippen LogP contribution is -2.40. The van der Waals surface area contributed by atoms with Gasteiger partial charge in [-0.2, -0.15) is 0 Å². The van der Waals surface area contributed by atoms with Gasteiger partial charge in [0, 0.05) is 26.1 Å². The molecule has 0 spiro atoms. The van der Waals surface area contributed by atoms with E-state index in [0.717, 1.165) is 19.3 Å². The van der Waals surface area contributed by atoms with Crippen molar-refractivity contribution in [2.24, 2.45) is 11.8 Å². The van der Waals surface area contributed by atoms with Crippen LogP contribution in [0.25, 0.3) is 0 Å². The standard InChI is InChI=1S/C9H16O3/c1-11-9(12-2)6-3-4-7(9)8(10)5-6/h6-8,10H,3-5H2,1-2H3/t6-,7+,8-/m1/s1. The molecule has 0 aromatic heterocycles. The van der Waals surface area contributed by atoms with Crippen molar-refractivity contribution >= 4 is 0 Å². The van der Waals surface area contributed by atoms with Gasteiger partial charge in [0.15, 0.2) is 5.79 Å². The zero-order valence-electron chi connectivity index (χ0n) is 7.62. The van der Waals surface area contributed by atoms with Gasteiger partial charge in [-0.25, -0.2) is 0 Å². The predicted octanol–water partition coefficient (Wildman–Crippen LogP) is 0.766. The highest BCUT2D eigenvalue weighted by atomic mass is 16.7. The van der Waals surface area contributed by atoms with Crippen LogP contribution in [0.15, 0.2) is 0 Å². The summed E-state index contributed by atoms with van der Waals surface area (Å²) in [6, 6.07) is 0. The lowest BCUT2D eigenvalue weighted by atomic mass is 9.98. The van der Waals surface area contributed by atoms with Crippen LogP contribution in [0.4, 0.5) is 0 Å². The maximum Gasteiger partial charge on any atom is 0.175 e. The summed E-state index contributed by atoms with van der Waals surface area (Å²) < 4.78 is 10.8. The second-order valence-electron chi connectivity index (χ2n) is 3.81. The molecule has 0 aromatic carbocycles. The molecule has 1 N–H and O–H groups in total. The van der Waals surface area contributed by atoms with Gasteiger partial charge in [0.05, 0.1) is 6.10 Å². The molecule has 70 valence electrons. The Bertz CT molecular complexity index is 177. The van der Waals surface area contributed by atoms with Crippen molar-refractivity contribution in [1.82, 2.24) is 0 Å². The van der Waals surface area contributed by atoms with Gasteiger partial charge in [0.2, 0.25) is 0 Å². The zero-order valence-corrected chi connectivity index (χ0v) is 7.62. The molecule has 0 radical (unpaired) electrons. The van der Waals surface area contributed by atoms with Gasteiger partial charge in [0.25, 0.3) is 0 Å². The monoisotopic (exact) mass is 172 g/mol. The Kier molecular flexibility index (Phi) is 1.90. The minimum absolute atomic E-state index is 0.192. The fourth-order valence-electron chi connectivity index (χ4n) is 3.00. The van der Waals surface area contributed by atoms with Crippen molar-refractivity contribution < 1.29 is 14.6 Å². The summed E-state index contributed by atoms with van der Waals surface area (Å²) in [4.78, 5) is 0. The van der Waals surface area contributed by atoms with E-state index in [2.05, 4.69) is 0 Å². The summed E-state index contributed by atoms with van der Waals surface area (Å²) in [6.07, 6.45) is 2.78. The van der Waals surface area contributed by atoms with Gasteiger partial charge in [-0.05, 0) is 19.3 Å². The summed E-state index contributed by atoms with van der Waals surface area (Å²) in [5.41, 5.74) is 0. The van der Waals surface area contributed by atoms with Gasteiger partial charge in [0.1, 0.15) is 0 Å². The second kappa shape index (κ2) is 2.69. The predicted molar refractivity (Wildman–Crippen MR) is 43.6 cm³/mol. The highest BCUT2D eigenvalue weighted by Gasteiger charge is 2.60. The maximum absolute atomic E-state index is 9.66. The zero-order chi connectivity index (χ0) is 8.77. The van der Waals surface area contributed by atoms with E-state index in [0.29, 0.717) is 5.92 Å². The number of hydrogen-bond donors (Lipinski definition) is 1. The molecular weight excluding hydrogens is 156 g/mol. The van der Waals surface area contributed by atoms with Crippen LogP contribution < -0.4 is 0 Å². The molecular formula is C9H16O3. The Labute approximate surface area is 72.7 Å². The molecule has 3 heteroatoms. The third kappa shape index (κ3) is 0.817. The van der Waals surface area contributed by atoms with Crippen molar-refractivity contribution in [3.05, 3.63) is 0 Å². The average molecular weight is 172 g/mol. The Morgan fingerprint density at radius 3 is 2.17 bits per heavy atom. The first-order valence-electron chi connectivity index (χ1n) is 4.53. The van der Waals surface area contributed by atoms with E-state index in [-0.39, 0.29) is 12.0 Å². The number of rotatable bonds is 2. The SMILES string of the molecule is COC1(OC)[C@@H]2CC[C@H]1[C@H](O)C2. The number of methoxy groups -OCH3 is 2. The number of aliphatic hydroxyl groups is 1. The van der Waals surface area contributed by atoms with Crippen molar-refractivity contribution in [3.63, 3.8) is 0 Å². The van der Waals surface area contributed by atoms with E-state index in [9.17, 15) is 5.11 Å².